The van der Waals surface area contributed by atoms with Crippen LogP contribution < -0.4 is 10.9 Å². The zero-order chi connectivity index (χ0) is 15.5. The number of hydrogen-bond acceptors (Lipinski definition) is 4. The van der Waals surface area contributed by atoms with E-state index >= 15 is 0 Å². The number of nitrogens with one attached hydrogen (secondary N) is 2. The predicted octanol–water partition coefficient (Wildman–Crippen LogP) is 3.19. The lowest BCUT2D eigenvalue weighted by atomic mass is 10.1. The number of aromatic nitrogens is 3. The highest BCUT2D eigenvalue weighted by Crippen LogP contribution is 2.19. The minimum atomic E-state index is -0.269. The maximum atomic E-state index is 12.2. The van der Waals surface area contributed by atoms with Gasteiger partial charge in [0.15, 0.2) is 5.69 Å². The summed E-state index contributed by atoms with van der Waals surface area (Å²) in [6, 6.07) is 15.3. The molecular weight excluding hydrogens is 276 g/mol. The molecule has 0 aliphatic carbocycles. The van der Waals surface area contributed by atoms with Crippen LogP contribution >= 0.6 is 0 Å². The summed E-state index contributed by atoms with van der Waals surface area (Å²) >= 11 is 0. The maximum absolute atomic E-state index is 12.2. The Morgan fingerprint density at radius 3 is 2.50 bits per heavy atom. The second-order valence-electron chi connectivity index (χ2n) is 5.16. The van der Waals surface area contributed by atoms with Crippen LogP contribution in [0.5, 0.6) is 0 Å². The summed E-state index contributed by atoms with van der Waals surface area (Å²) < 4.78 is 0. The van der Waals surface area contributed by atoms with Gasteiger partial charge in [-0.05, 0) is 31.0 Å². The van der Waals surface area contributed by atoms with E-state index in [9.17, 15) is 4.79 Å². The first-order valence-corrected chi connectivity index (χ1v) is 7.00. The molecule has 0 spiro atoms. The molecule has 2 aromatic carbocycles. The fraction of sp³-hybridized carbons (Fsp3) is 0.118. The fourth-order valence-corrected chi connectivity index (χ4v) is 2.18. The van der Waals surface area contributed by atoms with Gasteiger partial charge >= 0.3 is 0 Å². The van der Waals surface area contributed by atoms with Gasteiger partial charge in [-0.25, -0.2) is 0 Å². The summed E-state index contributed by atoms with van der Waals surface area (Å²) in [4.78, 5) is 14.9. The molecule has 0 bridgehead atoms. The Kier molecular flexibility index (Phi) is 3.70. The van der Waals surface area contributed by atoms with Crippen molar-refractivity contribution in [2.45, 2.75) is 13.8 Å². The predicted molar refractivity (Wildman–Crippen MR) is 87.3 cm³/mol. The zero-order valence-corrected chi connectivity index (χ0v) is 12.4. The third kappa shape index (κ3) is 2.88. The van der Waals surface area contributed by atoms with Gasteiger partial charge in [0.2, 0.25) is 5.95 Å². The van der Waals surface area contributed by atoms with E-state index in [1.165, 1.54) is 0 Å². The Bertz CT molecular complexity index is 856. The van der Waals surface area contributed by atoms with Crippen LogP contribution in [-0.2, 0) is 0 Å². The maximum Gasteiger partial charge on any atom is 0.279 e. The summed E-state index contributed by atoms with van der Waals surface area (Å²) in [7, 11) is 0. The van der Waals surface area contributed by atoms with E-state index in [2.05, 4.69) is 20.5 Å². The number of anilines is 2. The van der Waals surface area contributed by atoms with E-state index in [-0.39, 0.29) is 5.56 Å². The molecule has 5 nitrogen and oxygen atoms in total. The second kappa shape index (κ2) is 5.81. The lowest BCUT2D eigenvalue weighted by molar-refractivity contribution is 0.961. The standard InChI is InChI=1S/C17H16N4O/c1-11-8-9-12(2)14(10-11)18-17-19-16(22)15(20-21-17)13-6-4-3-5-7-13/h3-10H,1-2H3,(H2,18,19,21,22). The van der Waals surface area contributed by atoms with Crippen LogP contribution in [0.4, 0.5) is 11.6 Å². The highest BCUT2D eigenvalue weighted by Gasteiger charge is 2.08. The Labute approximate surface area is 128 Å². The van der Waals surface area contributed by atoms with Crippen molar-refractivity contribution in [3.8, 4) is 11.3 Å². The van der Waals surface area contributed by atoms with E-state index in [0.29, 0.717) is 11.6 Å². The number of H-pyrrole nitrogens is 1. The summed E-state index contributed by atoms with van der Waals surface area (Å²) in [6.07, 6.45) is 0. The molecule has 0 atom stereocenters. The van der Waals surface area contributed by atoms with Crippen LogP contribution in [0.25, 0.3) is 11.3 Å². The number of aromatic amines is 1. The summed E-state index contributed by atoms with van der Waals surface area (Å²) in [5, 5.41) is 11.2. The van der Waals surface area contributed by atoms with Crippen LogP contribution in [0, 0.1) is 13.8 Å². The van der Waals surface area contributed by atoms with Gasteiger partial charge in [-0.3, -0.25) is 9.78 Å². The Hall–Kier alpha value is -2.95. The molecule has 22 heavy (non-hydrogen) atoms. The number of benzene rings is 2. The van der Waals surface area contributed by atoms with Crippen molar-refractivity contribution in [1.82, 2.24) is 15.2 Å². The third-order valence-electron chi connectivity index (χ3n) is 3.39. The van der Waals surface area contributed by atoms with E-state index in [1.54, 1.807) is 0 Å². The molecule has 1 aromatic heterocycles. The first-order chi connectivity index (χ1) is 10.6. The lowest BCUT2D eigenvalue weighted by Gasteiger charge is -2.09. The lowest BCUT2D eigenvalue weighted by Crippen LogP contribution is -2.15. The van der Waals surface area contributed by atoms with Gasteiger partial charge in [-0.1, -0.05) is 42.5 Å². The smallest absolute Gasteiger partial charge is 0.279 e. The van der Waals surface area contributed by atoms with E-state index in [0.717, 1.165) is 22.4 Å². The SMILES string of the molecule is Cc1ccc(C)c(Nc2nnc(-c3ccccc3)c(=O)[nH]2)c1. The van der Waals surface area contributed by atoms with Crippen LogP contribution in [0.3, 0.4) is 0 Å². The molecule has 0 saturated carbocycles. The van der Waals surface area contributed by atoms with Crippen LogP contribution in [0.1, 0.15) is 11.1 Å². The number of aryl methyl sites for hydroxylation is 2. The molecule has 0 aliphatic heterocycles. The van der Waals surface area contributed by atoms with Crippen molar-refractivity contribution in [3.63, 3.8) is 0 Å². The minimum absolute atomic E-state index is 0.269. The Morgan fingerprint density at radius 2 is 1.77 bits per heavy atom. The van der Waals surface area contributed by atoms with Gasteiger partial charge < -0.3 is 5.32 Å². The molecule has 3 rings (SSSR count). The van der Waals surface area contributed by atoms with E-state index < -0.39 is 0 Å². The van der Waals surface area contributed by atoms with Crippen molar-refractivity contribution in [2.24, 2.45) is 0 Å². The number of nitrogens with zero attached hydrogens (tertiary/aromatic N) is 2. The average molecular weight is 292 g/mol. The first-order valence-electron chi connectivity index (χ1n) is 7.00. The molecule has 3 aromatic rings. The van der Waals surface area contributed by atoms with Crippen molar-refractivity contribution in [3.05, 3.63) is 70.0 Å². The van der Waals surface area contributed by atoms with Crippen LogP contribution in [0.15, 0.2) is 53.3 Å². The zero-order valence-electron chi connectivity index (χ0n) is 12.4. The molecule has 0 radical (unpaired) electrons. The molecule has 1 heterocycles. The summed E-state index contributed by atoms with van der Waals surface area (Å²) in [5.74, 6) is 0.332. The summed E-state index contributed by atoms with van der Waals surface area (Å²) in [6.45, 7) is 4.00. The summed E-state index contributed by atoms with van der Waals surface area (Å²) in [5.41, 5.74) is 3.89. The Balaban J connectivity index is 1.93. The van der Waals surface area contributed by atoms with Crippen molar-refractivity contribution >= 4 is 11.6 Å². The monoisotopic (exact) mass is 292 g/mol. The van der Waals surface area contributed by atoms with Gasteiger partial charge in [0.25, 0.3) is 5.56 Å². The van der Waals surface area contributed by atoms with Crippen LogP contribution in [0.2, 0.25) is 0 Å². The molecule has 0 unspecified atom stereocenters. The van der Waals surface area contributed by atoms with E-state index in [4.69, 9.17) is 0 Å². The highest BCUT2D eigenvalue weighted by atomic mass is 16.1. The molecule has 0 aliphatic rings. The van der Waals surface area contributed by atoms with Gasteiger partial charge in [-0.15, -0.1) is 10.2 Å². The molecule has 0 saturated heterocycles. The number of rotatable bonds is 3. The molecule has 2 N–H and O–H groups in total. The highest BCUT2D eigenvalue weighted by molar-refractivity contribution is 5.61. The van der Waals surface area contributed by atoms with Crippen molar-refractivity contribution in [1.29, 1.82) is 0 Å². The third-order valence-corrected chi connectivity index (χ3v) is 3.39. The fourth-order valence-electron chi connectivity index (χ4n) is 2.18. The molecule has 110 valence electrons. The molecule has 0 fully saturated rings. The molecule has 0 amide bonds. The molecular formula is C17H16N4O. The van der Waals surface area contributed by atoms with E-state index in [1.807, 2.05) is 62.4 Å². The average Bonchev–Trinajstić information content (AvgIpc) is 2.52. The minimum Gasteiger partial charge on any atom is -0.324 e. The molecule has 5 heteroatoms. The van der Waals surface area contributed by atoms with Gasteiger partial charge in [0, 0.05) is 11.3 Å². The second-order valence-corrected chi connectivity index (χ2v) is 5.16. The Morgan fingerprint density at radius 1 is 1.00 bits per heavy atom. The quantitative estimate of drug-likeness (QED) is 0.777. The van der Waals surface area contributed by atoms with Crippen molar-refractivity contribution < 1.29 is 0 Å². The topological polar surface area (TPSA) is 70.7 Å². The normalized spacial score (nSPS) is 10.5. The van der Waals surface area contributed by atoms with Crippen molar-refractivity contribution in [2.75, 3.05) is 5.32 Å². The first kappa shape index (κ1) is 14.0. The van der Waals surface area contributed by atoms with Gasteiger partial charge in [-0.2, -0.15) is 0 Å². The number of hydrogen-bond donors (Lipinski definition) is 2. The largest absolute Gasteiger partial charge is 0.324 e. The van der Waals surface area contributed by atoms with Gasteiger partial charge in [0.05, 0.1) is 0 Å². The van der Waals surface area contributed by atoms with Crippen LogP contribution in [-0.4, -0.2) is 15.2 Å². The van der Waals surface area contributed by atoms with Gasteiger partial charge in [0.1, 0.15) is 0 Å².